The Kier molecular flexibility index (Phi) is 5.78. The van der Waals surface area contributed by atoms with Gasteiger partial charge < -0.3 is 9.72 Å². The van der Waals surface area contributed by atoms with Gasteiger partial charge in [0.25, 0.3) is 5.56 Å². The lowest BCUT2D eigenvalue weighted by molar-refractivity contribution is 0.169. The van der Waals surface area contributed by atoms with Gasteiger partial charge in [0.15, 0.2) is 5.82 Å². The standard InChI is InChI=1S/C25H28N6O2/c1-16-12-17(2)22-20(13-16)14-21(25(32)26-22)23(24-27-28-29-31(24)10-11-33-3)30-9-8-18-6-4-5-7-19(18)15-30/h4-7,12-14,23H,8-11,15H2,1-3H3,(H,26,32). The molecule has 0 bridgehead atoms. The Morgan fingerprint density at radius 3 is 2.79 bits per heavy atom. The van der Waals surface area contributed by atoms with Crippen molar-refractivity contribution in [3.8, 4) is 0 Å². The fraction of sp³-hybridized carbons (Fsp3) is 0.360. The Bertz CT molecular complexity index is 1360. The minimum Gasteiger partial charge on any atom is -0.383 e. The van der Waals surface area contributed by atoms with E-state index < -0.39 is 0 Å². The minimum absolute atomic E-state index is 0.111. The molecule has 0 radical (unpaired) electrons. The number of aromatic nitrogens is 5. The van der Waals surface area contributed by atoms with Gasteiger partial charge in [-0.15, -0.1) is 5.10 Å². The second-order valence-electron chi connectivity index (χ2n) is 8.74. The van der Waals surface area contributed by atoms with Gasteiger partial charge in [-0.1, -0.05) is 35.9 Å². The summed E-state index contributed by atoms with van der Waals surface area (Å²) in [5, 5.41) is 13.5. The van der Waals surface area contributed by atoms with Crippen molar-refractivity contribution >= 4 is 10.9 Å². The molecule has 0 amide bonds. The number of fused-ring (bicyclic) bond motifs is 2. The third-order valence-corrected chi connectivity index (χ3v) is 6.45. The van der Waals surface area contributed by atoms with Gasteiger partial charge in [-0.2, -0.15) is 0 Å². The predicted octanol–water partition coefficient (Wildman–Crippen LogP) is 2.93. The van der Waals surface area contributed by atoms with Crippen LogP contribution in [-0.2, 0) is 24.2 Å². The fourth-order valence-electron chi connectivity index (χ4n) is 4.89. The van der Waals surface area contributed by atoms with Crippen LogP contribution in [0.4, 0.5) is 0 Å². The second kappa shape index (κ2) is 8.88. The van der Waals surface area contributed by atoms with Gasteiger partial charge in [0, 0.05) is 25.8 Å². The van der Waals surface area contributed by atoms with E-state index >= 15 is 0 Å². The maximum atomic E-state index is 13.4. The molecule has 0 aliphatic carbocycles. The summed E-state index contributed by atoms with van der Waals surface area (Å²) in [6, 6.07) is 14.3. The molecule has 1 unspecified atom stereocenters. The molecule has 2 aromatic heterocycles. The molecule has 170 valence electrons. The van der Waals surface area contributed by atoms with Crippen molar-refractivity contribution < 1.29 is 4.74 Å². The first kappa shape index (κ1) is 21.5. The molecule has 8 nitrogen and oxygen atoms in total. The molecule has 4 aromatic rings. The van der Waals surface area contributed by atoms with Crippen LogP contribution in [0.3, 0.4) is 0 Å². The molecule has 1 aliphatic heterocycles. The van der Waals surface area contributed by atoms with Crippen LogP contribution in [-0.4, -0.2) is 50.4 Å². The number of pyridine rings is 1. The van der Waals surface area contributed by atoms with Crippen LogP contribution in [0.2, 0.25) is 0 Å². The Balaban J connectivity index is 1.66. The summed E-state index contributed by atoms with van der Waals surface area (Å²) in [5.74, 6) is 0.653. The molecule has 0 spiro atoms. The maximum Gasteiger partial charge on any atom is 0.253 e. The highest BCUT2D eigenvalue weighted by molar-refractivity contribution is 5.83. The van der Waals surface area contributed by atoms with Gasteiger partial charge >= 0.3 is 0 Å². The largest absolute Gasteiger partial charge is 0.383 e. The molecule has 1 aliphatic rings. The smallest absolute Gasteiger partial charge is 0.253 e. The number of H-pyrrole nitrogens is 1. The summed E-state index contributed by atoms with van der Waals surface area (Å²) >= 11 is 0. The maximum absolute atomic E-state index is 13.4. The second-order valence-corrected chi connectivity index (χ2v) is 8.74. The monoisotopic (exact) mass is 444 g/mol. The first-order valence-corrected chi connectivity index (χ1v) is 11.2. The van der Waals surface area contributed by atoms with Crippen molar-refractivity contribution in [2.75, 3.05) is 20.3 Å². The first-order valence-electron chi connectivity index (χ1n) is 11.2. The zero-order valence-corrected chi connectivity index (χ0v) is 19.2. The normalized spacial score (nSPS) is 15.0. The van der Waals surface area contributed by atoms with Crippen molar-refractivity contribution in [1.29, 1.82) is 0 Å². The number of ether oxygens (including phenoxy) is 1. The van der Waals surface area contributed by atoms with Crippen LogP contribution in [0.1, 0.15) is 39.7 Å². The van der Waals surface area contributed by atoms with E-state index in [0.29, 0.717) is 24.5 Å². The SMILES string of the molecule is COCCn1nnnc1C(c1cc2cc(C)cc(C)c2[nH]c1=O)N1CCc2ccccc2C1. The summed E-state index contributed by atoms with van der Waals surface area (Å²) in [6.45, 7) is 6.63. The molecular formula is C25H28N6O2. The van der Waals surface area contributed by atoms with E-state index in [1.54, 1.807) is 11.8 Å². The van der Waals surface area contributed by atoms with Crippen LogP contribution >= 0.6 is 0 Å². The Morgan fingerprint density at radius 2 is 1.97 bits per heavy atom. The predicted molar refractivity (Wildman–Crippen MR) is 126 cm³/mol. The van der Waals surface area contributed by atoms with Crippen LogP contribution in [0, 0.1) is 13.8 Å². The molecule has 1 N–H and O–H groups in total. The molecule has 0 saturated heterocycles. The molecule has 0 saturated carbocycles. The molecule has 1 atom stereocenters. The number of nitrogens with one attached hydrogen (secondary N) is 1. The number of methoxy groups -OCH3 is 1. The summed E-state index contributed by atoms with van der Waals surface area (Å²) in [5.41, 5.74) is 6.25. The van der Waals surface area contributed by atoms with Gasteiger partial charge in [0.05, 0.1) is 18.7 Å². The number of hydrogen-bond donors (Lipinski definition) is 1. The van der Waals surface area contributed by atoms with Crippen molar-refractivity contribution in [1.82, 2.24) is 30.1 Å². The summed E-state index contributed by atoms with van der Waals surface area (Å²) in [4.78, 5) is 18.9. The van der Waals surface area contributed by atoms with Crippen LogP contribution in [0.5, 0.6) is 0 Å². The fourth-order valence-corrected chi connectivity index (χ4v) is 4.89. The molecule has 3 heterocycles. The van der Waals surface area contributed by atoms with E-state index in [9.17, 15) is 4.79 Å². The third-order valence-electron chi connectivity index (χ3n) is 6.45. The van der Waals surface area contributed by atoms with Gasteiger partial charge in [0.2, 0.25) is 0 Å². The number of nitrogens with zero attached hydrogens (tertiary/aromatic N) is 5. The lowest BCUT2D eigenvalue weighted by atomic mass is 9.95. The number of aromatic amines is 1. The molecule has 0 fully saturated rings. The number of hydrogen-bond acceptors (Lipinski definition) is 6. The quantitative estimate of drug-likeness (QED) is 0.492. The lowest BCUT2D eigenvalue weighted by Gasteiger charge is -2.34. The zero-order chi connectivity index (χ0) is 22.9. The van der Waals surface area contributed by atoms with Crippen LogP contribution in [0.25, 0.3) is 10.9 Å². The van der Waals surface area contributed by atoms with Gasteiger partial charge in [-0.25, -0.2) is 4.68 Å². The number of aryl methyl sites for hydroxylation is 2. The molecule has 5 rings (SSSR count). The van der Waals surface area contributed by atoms with Crippen molar-refractivity contribution in [3.63, 3.8) is 0 Å². The number of rotatable bonds is 6. The summed E-state index contributed by atoms with van der Waals surface area (Å²) < 4.78 is 7.01. The van der Waals surface area contributed by atoms with E-state index in [0.717, 1.165) is 41.5 Å². The highest BCUT2D eigenvalue weighted by atomic mass is 16.5. The van der Waals surface area contributed by atoms with E-state index in [4.69, 9.17) is 4.74 Å². The number of benzene rings is 2. The average Bonchev–Trinajstić information content (AvgIpc) is 3.27. The zero-order valence-electron chi connectivity index (χ0n) is 19.2. The van der Waals surface area contributed by atoms with Gasteiger partial charge in [0.1, 0.15) is 6.04 Å². The molecular weight excluding hydrogens is 416 g/mol. The molecule has 33 heavy (non-hydrogen) atoms. The summed E-state index contributed by atoms with van der Waals surface area (Å²) in [6.07, 6.45) is 0.913. The van der Waals surface area contributed by atoms with E-state index in [-0.39, 0.29) is 11.6 Å². The highest BCUT2D eigenvalue weighted by Crippen LogP contribution is 2.32. The van der Waals surface area contributed by atoms with Gasteiger partial charge in [-0.05, 0) is 64.9 Å². The van der Waals surface area contributed by atoms with E-state index in [1.165, 1.54) is 11.1 Å². The highest BCUT2D eigenvalue weighted by Gasteiger charge is 2.32. The summed E-state index contributed by atoms with van der Waals surface area (Å²) in [7, 11) is 1.65. The Hall–Kier alpha value is -3.36. The Morgan fingerprint density at radius 1 is 1.15 bits per heavy atom. The first-order chi connectivity index (χ1) is 16.0. The topological polar surface area (TPSA) is 88.9 Å². The minimum atomic E-state index is -0.376. The third kappa shape index (κ3) is 4.07. The van der Waals surface area contributed by atoms with Gasteiger partial charge in [-0.3, -0.25) is 9.69 Å². The molecule has 2 aromatic carbocycles. The van der Waals surface area contributed by atoms with E-state index in [1.807, 2.05) is 13.0 Å². The number of tetrazole rings is 1. The van der Waals surface area contributed by atoms with Crippen LogP contribution < -0.4 is 5.56 Å². The van der Waals surface area contributed by atoms with E-state index in [2.05, 4.69) is 68.7 Å². The van der Waals surface area contributed by atoms with Crippen molar-refractivity contribution in [2.24, 2.45) is 0 Å². The molecule has 8 heteroatoms. The van der Waals surface area contributed by atoms with Crippen molar-refractivity contribution in [2.45, 2.75) is 39.4 Å². The Labute approximate surface area is 192 Å². The average molecular weight is 445 g/mol. The lowest BCUT2D eigenvalue weighted by Crippen LogP contribution is -2.38. The van der Waals surface area contributed by atoms with Crippen molar-refractivity contribution in [3.05, 3.63) is 86.5 Å². The van der Waals surface area contributed by atoms with Crippen LogP contribution in [0.15, 0.2) is 47.3 Å².